The van der Waals surface area contributed by atoms with Gasteiger partial charge in [0.1, 0.15) is 0 Å². The number of carbonyl (C=O) groups is 1. The molecule has 0 saturated carbocycles. The quantitative estimate of drug-likeness (QED) is 0.626. The van der Waals surface area contributed by atoms with Gasteiger partial charge in [0.05, 0.1) is 5.75 Å². The van der Waals surface area contributed by atoms with Gasteiger partial charge in [0.2, 0.25) is 5.91 Å². The Balaban J connectivity index is 1.65. The van der Waals surface area contributed by atoms with Crippen LogP contribution in [0.15, 0.2) is 44.6 Å². The summed E-state index contributed by atoms with van der Waals surface area (Å²) in [5, 5.41) is 11.9. The molecule has 25 heavy (non-hydrogen) atoms. The van der Waals surface area contributed by atoms with Crippen LogP contribution in [0.1, 0.15) is 11.1 Å². The molecule has 0 aliphatic heterocycles. The van der Waals surface area contributed by atoms with Gasteiger partial charge in [0.15, 0.2) is 21.4 Å². The molecule has 1 amide bonds. The molecule has 0 atom stereocenters. The van der Waals surface area contributed by atoms with Crippen LogP contribution in [-0.4, -0.2) is 26.4 Å². The smallest absolute Gasteiger partial charge is 0.234 e. The van der Waals surface area contributed by atoms with Gasteiger partial charge < -0.3 is 14.3 Å². The van der Waals surface area contributed by atoms with Gasteiger partial charge >= 0.3 is 0 Å². The summed E-state index contributed by atoms with van der Waals surface area (Å²) in [5.41, 5.74) is 2.98. The van der Waals surface area contributed by atoms with Crippen LogP contribution < -0.4 is 5.32 Å². The lowest BCUT2D eigenvalue weighted by atomic mass is 10.1. The number of halogens is 1. The van der Waals surface area contributed by atoms with Crippen molar-refractivity contribution < 1.29 is 9.21 Å². The first kappa shape index (κ1) is 17.8. The zero-order valence-electron chi connectivity index (χ0n) is 14.0. The van der Waals surface area contributed by atoms with Gasteiger partial charge in [-0.1, -0.05) is 23.9 Å². The molecule has 3 aromatic rings. The number of hydrogen-bond acceptors (Lipinski definition) is 5. The number of nitrogens with zero attached hydrogens (tertiary/aromatic N) is 3. The number of aryl methyl sites for hydroxylation is 2. The van der Waals surface area contributed by atoms with Crippen molar-refractivity contribution >= 4 is 39.3 Å². The Labute approximate surface area is 158 Å². The lowest BCUT2D eigenvalue weighted by Gasteiger charge is -2.09. The van der Waals surface area contributed by atoms with Crippen LogP contribution in [0.2, 0.25) is 0 Å². The van der Waals surface area contributed by atoms with Crippen LogP contribution in [0.5, 0.6) is 0 Å². The second-order valence-electron chi connectivity index (χ2n) is 5.62. The van der Waals surface area contributed by atoms with E-state index in [1.165, 1.54) is 11.8 Å². The standard InChI is InChI=1S/C17H17BrN4O2S/c1-10-4-5-11(2)12(8-10)19-15(23)9-25-17-21-20-16(22(17)3)13-6-7-14(18)24-13/h4-8H,9H2,1-3H3,(H,19,23). The second kappa shape index (κ2) is 7.45. The van der Waals surface area contributed by atoms with Gasteiger partial charge in [-0.2, -0.15) is 0 Å². The number of anilines is 1. The maximum atomic E-state index is 12.2. The molecule has 3 rings (SSSR count). The monoisotopic (exact) mass is 420 g/mol. The molecule has 0 bridgehead atoms. The molecule has 1 N–H and O–H groups in total. The predicted octanol–water partition coefficient (Wildman–Crippen LogP) is 4.19. The maximum absolute atomic E-state index is 12.2. The Bertz CT molecular complexity index is 919. The molecule has 0 unspecified atom stereocenters. The zero-order chi connectivity index (χ0) is 18.0. The highest BCUT2D eigenvalue weighted by Crippen LogP contribution is 2.26. The summed E-state index contributed by atoms with van der Waals surface area (Å²) in [5.74, 6) is 1.40. The van der Waals surface area contributed by atoms with Crippen molar-refractivity contribution in [1.82, 2.24) is 14.8 Å². The number of nitrogens with one attached hydrogen (secondary N) is 1. The van der Waals surface area contributed by atoms with Crippen molar-refractivity contribution in [3.8, 4) is 11.6 Å². The Morgan fingerprint density at radius 1 is 1.28 bits per heavy atom. The average molecular weight is 421 g/mol. The third kappa shape index (κ3) is 4.13. The Morgan fingerprint density at radius 2 is 2.08 bits per heavy atom. The molecule has 0 saturated heterocycles. The first-order valence-electron chi connectivity index (χ1n) is 7.59. The van der Waals surface area contributed by atoms with Gasteiger partial charge in [-0.05, 0) is 59.1 Å². The molecule has 0 spiro atoms. The summed E-state index contributed by atoms with van der Waals surface area (Å²) < 4.78 is 7.94. The van der Waals surface area contributed by atoms with E-state index in [1.54, 1.807) is 10.6 Å². The minimum atomic E-state index is -0.0796. The number of thioether (sulfide) groups is 1. The fourth-order valence-electron chi connectivity index (χ4n) is 2.28. The minimum absolute atomic E-state index is 0.0796. The van der Waals surface area contributed by atoms with Crippen LogP contribution in [0.4, 0.5) is 5.69 Å². The van der Waals surface area contributed by atoms with Crippen LogP contribution in [0.25, 0.3) is 11.6 Å². The largest absolute Gasteiger partial charge is 0.446 e. The molecule has 8 heteroatoms. The van der Waals surface area contributed by atoms with E-state index in [9.17, 15) is 4.79 Å². The van der Waals surface area contributed by atoms with Gasteiger partial charge in [0, 0.05) is 12.7 Å². The SMILES string of the molecule is Cc1ccc(C)c(NC(=O)CSc2nnc(-c3ccc(Br)o3)n2C)c1. The first-order valence-corrected chi connectivity index (χ1v) is 9.37. The normalized spacial score (nSPS) is 10.9. The summed E-state index contributed by atoms with van der Waals surface area (Å²) in [6, 6.07) is 9.60. The Hall–Kier alpha value is -2.06. The Kier molecular flexibility index (Phi) is 5.29. The number of benzene rings is 1. The fourth-order valence-corrected chi connectivity index (χ4v) is 3.29. The highest BCUT2D eigenvalue weighted by molar-refractivity contribution is 9.10. The molecule has 0 aliphatic carbocycles. The fraction of sp³-hybridized carbons (Fsp3) is 0.235. The highest BCUT2D eigenvalue weighted by atomic mass is 79.9. The van der Waals surface area contributed by atoms with Crippen LogP contribution in [-0.2, 0) is 11.8 Å². The lowest BCUT2D eigenvalue weighted by Crippen LogP contribution is -2.15. The number of hydrogen-bond donors (Lipinski definition) is 1. The van der Waals surface area contributed by atoms with E-state index < -0.39 is 0 Å². The summed E-state index contributed by atoms with van der Waals surface area (Å²) in [6.45, 7) is 3.97. The summed E-state index contributed by atoms with van der Waals surface area (Å²) in [6.07, 6.45) is 0. The van der Waals surface area contributed by atoms with E-state index in [1.807, 2.05) is 45.2 Å². The molecule has 0 radical (unpaired) electrons. The Morgan fingerprint density at radius 3 is 2.80 bits per heavy atom. The molecule has 1 aromatic carbocycles. The molecule has 0 fully saturated rings. The third-order valence-electron chi connectivity index (χ3n) is 3.63. The summed E-state index contributed by atoms with van der Waals surface area (Å²) in [7, 11) is 1.84. The van der Waals surface area contributed by atoms with Crippen molar-refractivity contribution in [2.45, 2.75) is 19.0 Å². The second-order valence-corrected chi connectivity index (χ2v) is 7.35. The van der Waals surface area contributed by atoms with E-state index in [0.29, 0.717) is 21.4 Å². The molecule has 2 heterocycles. The van der Waals surface area contributed by atoms with E-state index in [0.717, 1.165) is 16.8 Å². The van der Waals surface area contributed by atoms with E-state index in [-0.39, 0.29) is 11.7 Å². The van der Waals surface area contributed by atoms with Crippen molar-refractivity contribution in [2.24, 2.45) is 7.05 Å². The van der Waals surface area contributed by atoms with Crippen molar-refractivity contribution in [2.75, 3.05) is 11.1 Å². The predicted molar refractivity (Wildman–Crippen MR) is 102 cm³/mol. The first-order chi connectivity index (χ1) is 11.9. The van der Waals surface area contributed by atoms with Gasteiger partial charge in [0.25, 0.3) is 0 Å². The van der Waals surface area contributed by atoms with Crippen LogP contribution in [0, 0.1) is 13.8 Å². The molecule has 6 nitrogen and oxygen atoms in total. The van der Waals surface area contributed by atoms with Crippen LogP contribution in [0.3, 0.4) is 0 Å². The lowest BCUT2D eigenvalue weighted by molar-refractivity contribution is -0.113. The number of carbonyl (C=O) groups excluding carboxylic acids is 1. The molecular formula is C17H17BrN4O2S. The molecule has 0 aliphatic rings. The third-order valence-corrected chi connectivity index (χ3v) is 5.07. The van der Waals surface area contributed by atoms with Gasteiger partial charge in [-0.25, -0.2) is 0 Å². The number of aromatic nitrogens is 3. The van der Waals surface area contributed by atoms with Gasteiger partial charge in [-0.15, -0.1) is 10.2 Å². The number of furan rings is 1. The van der Waals surface area contributed by atoms with Crippen molar-refractivity contribution in [3.63, 3.8) is 0 Å². The average Bonchev–Trinajstić information content (AvgIpc) is 3.15. The van der Waals surface area contributed by atoms with E-state index in [4.69, 9.17) is 4.42 Å². The van der Waals surface area contributed by atoms with Gasteiger partial charge in [-0.3, -0.25) is 4.79 Å². The molecule has 130 valence electrons. The highest BCUT2D eigenvalue weighted by Gasteiger charge is 2.15. The topological polar surface area (TPSA) is 73.0 Å². The summed E-state index contributed by atoms with van der Waals surface area (Å²) >= 11 is 4.60. The minimum Gasteiger partial charge on any atom is -0.446 e. The summed E-state index contributed by atoms with van der Waals surface area (Å²) in [4.78, 5) is 12.2. The van der Waals surface area contributed by atoms with Crippen molar-refractivity contribution in [1.29, 1.82) is 0 Å². The van der Waals surface area contributed by atoms with Crippen LogP contribution >= 0.6 is 27.7 Å². The molecular weight excluding hydrogens is 404 g/mol. The number of amides is 1. The maximum Gasteiger partial charge on any atom is 0.234 e. The van der Waals surface area contributed by atoms with Crippen molar-refractivity contribution in [3.05, 3.63) is 46.1 Å². The molecule has 2 aromatic heterocycles. The van der Waals surface area contributed by atoms with E-state index in [2.05, 4.69) is 31.4 Å². The zero-order valence-corrected chi connectivity index (χ0v) is 16.4. The van der Waals surface area contributed by atoms with E-state index >= 15 is 0 Å². The number of rotatable bonds is 5.